The lowest BCUT2D eigenvalue weighted by Crippen LogP contribution is -2.44. The standard InChI is InChI=1S/C19H21BrN4O3S/c1-12-5-7-15(8-6-12)28-11-18(26)24-23-17(25)10-16(22-19(21)27)13-3-2-4-14(20)9-13/h2-9,16H,10-11H2,1H3,(H,23,25)(H,24,26)(H3,21,22,27). The van der Waals surface area contributed by atoms with Crippen LogP contribution < -0.4 is 21.9 Å². The molecule has 0 aromatic heterocycles. The number of carbonyl (C=O) groups excluding carboxylic acids is 3. The first-order valence-electron chi connectivity index (χ1n) is 8.42. The van der Waals surface area contributed by atoms with Gasteiger partial charge in [0.05, 0.1) is 18.2 Å². The average molecular weight is 465 g/mol. The van der Waals surface area contributed by atoms with Crippen molar-refractivity contribution in [2.75, 3.05) is 5.75 Å². The Balaban J connectivity index is 1.83. The highest BCUT2D eigenvalue weighted by molar-refractivity contribution is 9.10. The van der Waals surface area contributed by atoms with Crippen molar-refractivity contribution in [1.82, 2.24) is 16.2 Å². The van der Waals surface area contributed by atoms with Crippen LogP contribution in [0.5, 0.6) is 0 Å². The molecule has 0 aliphatic carbocycles. The minimum atomic E-state index is -0.740. The molecule has 4 amide bonds. The Kier molecular flexibility index (Phi) is 8.34. The fourth-order valence-corrected chi connectivity index (χ4v) is 3.46. The molecule has 7 nitrogen and oxygen atoms in total. The number of aryl methyl sites for hydroxylation is 1. The lowest BCUT2D eigenvalue weighted by atomic mass is 10.0. The summed E-state index contributed by atoms with van der Waals surface area (Å²) in [5.41, 5.74) is 11.8. The van der Waals surface area contributed by atoms with Crippen LogP contribution in [0, 0.1) is 6.92 Å². The van der Waals surface area contributed by atoms with Crippen LogP contribution in [0.15, 0.2) is 57.9 Å². The molecule has 0 saturated heterocycles. The summed E-state index contributed by atoms with van der Waals surface area (Å²) in [6.07, 6.45) is -0.0786. The second-order valence-corrected chi connectivity index (χ2v) is 7.98. The molecule has 0 aliphatic rings. The molecule has 2 rings (SSSR count). The first-order chi connectivity index (χ1) is 13.3. The zero-order valence-corrected chi connectivity index (χ0v) is 17.6. The fraction of sp³-hybridized carbons (Fsp3) is 0.211. The molecule has 0 saturated carbocycles. The van der Waals surface area contributed by atoms with Gasteiger partial charge in [0.25, 0.3) is 0 Å². The molecule has 0 radical (unpaired) electrons. The SMILES string of the molecule is Cc1ccc(SCC(=O)NNC(=O)CC(NC(N)=O)c2cccc(Br)c2)cc1. The highest BCUT2D eigenvalue weighted by atomic mass is 79.9. The maximum atomic E-state index is 12.2. The molecule has 148 valence electrons. The molecule has 1 atom stereocenters. The Morgan fingerprint density at radius 2 is 1.75 bits per heavy atom. The monoisotopic (exact) mass is 464 g/mol. The number of hydrazine groups is 1. The Morgan fingerprint density at radius 3 is 2.39 bits per heavy atom. The molecule has 0 heterocycles. The van der Waals surface area contributed by atoms with Crippen molar-refractivity contribution in [2.45, 2.75) is 24.3 Å². The number of hydrogen-bond donors (Lipinski definition) is 4. The van der Waals surface area contributed by atoms with Crippen molar-refractivity contribution >= 4 is 45.5 Å². The molecule has 0 bridgehead atoms. The predicted octanol–water partition coefficient (Wildman–Crippen LogP) is 2.80. The van der Waals surface area contributed by atoms with Crippen molar-refractivity contribution in [3.05, 3.63) is 64.1 Å². The number of amides is 4. The summed E-state index contributed by atoms with van der Waals surface area (Å²) in [4.78, 5) is 36.3. The third kappa shape index (κ3) is 7.61. The highest BCUT2D eigenvalue weighted by Crippen LogP contribution is 2.21. The van der Waals surface area contributed by atoms with Gasteiger partial charge in [-0.3, -0.25) is 20.4 Å². The third-order valence-corrected chi connectivity index (χ3v) is 5.19. The molecule has 0 spiro atoms. The van der Waals surface area contributed by atoms with Gasteiger partial charge in [-0.15, -0.1) is 11.8 Å². The van der Waals surface area contributed by atoms with E-state index >= 15 is 0 Å². The molecular weight excluding hydrogens is 444 g/mol. The average Bonchev–Trinajstić information content (AvgIpc) is 2.65. The fourth-order valence-electron chi connectivity index (χ4n) is 2.34. The van der Waals surface area contributed by atoms with Crippen LogP contribution in [0.1, 0.15) is 23.6 Å². The van der Waals surface area contributed by atoms with Gasteiger partial charge >= 0.3 is 6.03 Å². The normalized spacial score (nSPS) is 11.4. The van der Waals surface area contributed by atoms with E-state index in [1.807, 2.05) is 37.3 Å². The number of primary amides is 1. The molecule has 2 aromatic carbocycles. The van der Waals surface area contributed by atoms with Crippen molar-refractivity contribution in [2.24, 2.45) is 5.73 Å². The van der Waals surface area contributed by atoms with Crippen molar-refractivity contribution < 1.29 is 14.4 Å². The first-order valence-corrected chi connectivity index (χ1v) is 10.2. The molecular formula is C19H21BrN4O3S. The van der Waals surface area contributed by atoms with E-state index in [-0.39, 0.29) is 18.1 Å². The lowest BCUT2D eigenvalue weighted by Gasteiger charge is -2.18. The van der Waals surface area contributed by atoms with Gasteiger partial charge in [0, 0.05) is 9.37 Å². The molecule has 0 aliphatic heterocycles. The van der Waals surface area contributed by atoms with Crippen molar-refractivity contribution in [3.8, 4) is 0 Å². The van der Waals surface area contributed by atoms with E-state index in [0.29, 0.717) is 5.56 Å². The van der Waals surface area contributed by atoms with Crippen LogP contribution in [0.2, 0.25) is 0 Å². The van der Waals surface area contributed by atoms with E-state index in [4.69, 9.17) is 5.73 Å². The number of halogens is 1. The van der Waals surface area contributed by atoms with E-state index in [1.54, 1.807) is 18.2 Å². The summed E-state index contributed by atoms with van der Waals surface area (Å²) in [5.74, 6) is -0.619. The maximum Gasteiger partial charge on any atom is 0.312 e. The molecule has 28 heavy (non-hydrogen) atoms. The number of thioether (sulfide) groups is 1. The summed E-state index contributed by atoms with van der Waals surface area (Å²) >= 11 is 4.72. The quantitative estimate of drug-likeness (QED) is 0.372. The summed E-state index contributed by atoms with van der Waals surface area (Å²) in [7, 11) is 0. The number of nitrogens with one attached hydrogen (secondary N) is 3. The van der Waals surface area contributed by atoms with Crippen molar-refractivity contribution in [3.63, 3.8) is 0 Å². The number of carbonyl (C=O) groups is 3. The summed E-state index contributed by atoms with van der Waals surface area (Å²) in [6, 6.07) is 13.6. The summed E-state index contributed by atoms with van der Waals surface area (Å²) < 4.78 is 0.808. The zero-order chi connectivity index (χ0) is 20.5. The van der Waals surface area contributed by atoms with Gasteiger partial charge in [-0.25, -0.2) is 4.79 Å². The Bertz CT molecular complexity index is 845. The summed E-state index contributed by atoms with van der Waals surface area (Å²) in [5, 5.41) is 2.53. The zero-order valence-electron chi connectivity index (χ0n) is 15.2. The Hall–Kier alpha value is -2.52. The van der Waals surface area contributed by atoms with Crippen molar-refractivity contribution in [1.29, 1.82) is 0 Å². The predicted molar refractivity (Wildman–Crippen MR) is 112 cm³/mol. The second kappa shape index (κ2) is 10.7. The minimum absolute atomic E-state index is 0.0786. The second-order valence-electron chi connectivity index (χ2n) is 6.02. The van der Waals surface area contributed by atoms with Gasteiger partial charge in [-0.05, 0) is 36.8 Å². The van der Waals surface area contributed by atoms with E-state index in [0.717, 1.165) is 14.9 Å². The van der Waals surface area contributed by atoms with E-state index in [1.165, 1.54) is 11.8 Å². The number of benzene rings is 2. The summed E-state index contributed by atoms with van der Waals surface area (Å²) in [6.45, 7) is 1.99. The van der Waals surface area contributed by atoms with Gasteiger partial charge < -0.3 is 11.1 Å². The van der Waals surface area contributed by atoms with E-state index in [9.17, 15) is 14.4 Å². The molecule has 1 unspecified atom stereocenters. The van der Waals surface area contributed by atoms with Crippen LogP contribution in [0.3, 0.4) is 0 Å². The number of hydrogen-bond acceptors (Lipinski definition) is 4. The van der Waals surface area contributed by atoms with Crippen LogP contribution in [0.25, 0.3) is 0 Å². The third-order valence-electron chi connectivity index (χ3n) is 3.69. The largest absolute Gasteiger partial charge is 0.352 e. The number of nitrogens with two attached hydrogens (primary N) is 1. The van der Waals surface area contributed by atoms with Crippen LogP contribution >= 0.6 is 27.7 Å². The van der Waals surface area contributed by atoms with Gasteiger partial charge in [0.15, 0.2) is 0 Å². The topological polar surface area (TPSA) is 113 Å². The Morgan fingerprint density at radius 1 is 1.07 bits per heavy atom. The van der Waals surface area contributed by atoms with Crippen LogP contribution in [-0.4, -0.2) is 23.6 Å². The number of rotatable bonds is 7. The lowest BCUT2D eigenvalue weighted by molar-refractivity contribution is -0.127. The molecule has 9 heteroatoms. The minimum Gasteiger partial charge on any atom is -0.352 e. The van der Waals surface area contributed by atoms with Gasteiger partial charge in [0.2, 0.25) is 11.8 Å². The first kappa shape index (κ1) is 21.8. The smallest absolute Gasteiger partial charge is 0.312 e. The molecule has 2 aromatic rings. The highest BCUT2D eigenvalue weighted by Gasteiger charge is 2.18. The van der Waals surface area contributed by atoms with Gasteiger partial charge in [-0.2, -0.15) is 0 Å². The number of urea groups is 1. The van der Waals surface area contributed by atoms with Crippen LogP contribution in [-0.2, 0) is 9.59 Å². The van der Waals surface area contributed by atoms with E-state index in [2.05, 4.69) is 32.1 Å². The van der Waals surface area contributed by atoms with Gasteiger partial charge in [0.1, 0.15) is 0 Å². The molecule has 5 N–H and O–H groups in total. The Labute approximate surface area is 175 Å². The van der Waals surface area contributed by atoms with Gasteiger partial charge in [-0.1, -0.05) is 45.8 Å². The maximum absolute atomic E-state index is 12.2. The van der Waals surface area contributed by atoms with E-state index < -0.39 is 18.0 Å². The molecule has 0 fully saturated rings. The van der Waals surface area contributed by atoms with Crippen LogP contribution in [0.4, 0.5) is 4.79 Å².